The van der Waals surface area contributed by atoms with Crippen molar-refractivity contribution in [2.45, 2.75) is 19.4 Å². The molecule has 0 aliphatic carbocycles. The zero-order chi connectivity index (χ0) is 22.3. The van der Waals surface area contributed by atoms with E-state index in [9.17, 15) is 9.59 Å². The third kappa shape index (κ3) is 4.98. The van der Waals surface area contributed by atoms with Crippen molar-refractivity contribution in [3.05, 3.63) is 90.0 Å². The summed E-state index contributed by atoms with van der Waals surface area (Å²) in [6, 6.07) is 22.0. The van der Waals surface area contributed by atoms with Crippen LogP contribution < -0.4 is 20.1 Å². The number of rotatable bonds is 7. The molecule has 0 aromatic heterocycles. The summed E-state index contributed by atoms with van der Waals surface area (Å²) in [4.78, 5) is 24.9. The first kappa shape index (κ1) is 21.2. The molecule has 1 aliphatic rings. The average Bonchev–Trinajstić information content (AvgIpc) is 2.82. The second-order valence-corrected chi connectivity index (χ2v) is 7.32. The molecule has 6 nitrogen and oxygen atoms in total. The average molecular weight is 428 g/mol. The molecule has 3 aromatic carbocycles. The maximum Gasteiger partial charge on any atom is 0.270 e. The fourth-order valence-electron chi connectivity index (χ4n) is 3.35. The van der Waals surface area contributed by atoms with Gasteiger partial charge in [-0.25, -0.2) is 0 Å². The summed E-state index contributed by atoms with van der Waals surface area (Å²) in [6.07, 6.45) is 3.37. The Morgan fingerprint density at radius 1 is 1.09 bits per heavy atom. The number of amides is 2. The highest BCUT2D eigenvalue weighted by atomic mass is 16.5. The van der Waals surface area contributed by atoms with Gasteiger partial charge in [-0.3, -0.25) is 9.59 Å². The van der Waals surface area contributed by atoms with Gasteiger partial charge in [0.2, 0.25) is 12.0 Å². The van der Waals surface area contributed by atoms with E-state index in [0.29, 0.717) is 23.7 Å². The zero-order valence-corrected chi connectivity index (χ0v) is 17.7. The molecule has 0 radical (unpaired) electrons. The molecule has 2 amide bonds. The van der Waals surface area contributed by atoms with Crippen LogP contribution in [0.4, 0.5) is 11.4 Å². The van der Waals surface area contributed by atoms with Crippen LogP contribution in [0.3, 0.4) is 0 Å². The lowest BCUT2D eigenvalue weighted by atomic mass is 10.1. The highest BCUT2D eigenvalue weighted by molar-refractivity contribution is 6.03. The van der Waals surface area contributed by atoms with Crippen LogP contribution in [0.15, 0.2) is 78.9 Å². The van der Waals surface area contributed by atoms with E-state index in [0.717, 1.165) is 23.3 Å². The highest BCUT2D eigenvalue weighted by Gasteiger charge is 2.29. The number of benzene rings is 3. The zero-order valence-electron chi connectivity index (χ0n) is 17.7. The molecule has 0 bridgehead atoms. The second-order valence-electron chi connectivity index (χ2n) is 7.32. The van der Waals surface area contributed by atoms with Gasteiger partial charge in [0.25, 0.3) is 5.91 Å². The van der Waals surface area contributed by atoms with Gasteiger partial charge >= 0.3 is 0 Å². The minimum absolute atomic E-state index is 0.254. The molecule has 1 aliphatic heterocycles. The molecule has 1 atom stereocenters. The van der Waals surface area contributed by atoms with Gasteiger partial charge in [-0.05, 0) is 36.8 Å². The highest BCUT2D eigenvalue weighted by Crippen LogP contribution is 2.36. The van der Waals surface area contributed by atoms with Crippen LogP contribution in [-0.4, -0.2) is 18.4 Å². The van der Waals surface area contributed by atoms with Crippen molar-refractivity contribution in [2.24, 2.45) is 0 Å². The molecule has 0 spiro atoms. The monoisotopic (exact) mass is 428 g/mol. The lowest BCUT2D eigenvalue weighted by molar-refractivity contribution is -0.123. The van der Waals surface area contributed by atoms with Gasteiger partial charge < -0.3 is 20.1 Å². The van der Waals surface area contributed by atoms with E-state index in [-0.39, 0.29) is 11.8 Å². The Balaban J connectivity index is 1.43. The predicted molar refractivity (Wildman–Crippen MR) is 125 cm³/mol. The molecule has 0 saturated carbocycles. The lowest BCUT2D eigenvalue weighted by Crippen LogP contribution is -2.30. The van der Waals surface area contributed by atoms with Gasteiger partial charge in [0.05, 0.1) is 12.3 Å². The SMILES string of the molecule is CCCOc1ccccc1/C=C/C(=O)Nc1ccc2c(c1)NC(=O)C(c1ccccc1)O2. The molecule has 0 fully saturated rings. The van der Waals surface area contributed by atoms with Crippen LogP contribution in [0, 0.1) is 0 Å². The standard InChI is InChI=1S/C26H24N2O4/c1-2-16-31-22-11-7-6-8-18(22)12-15-24(29)27-20-13-14-23-21(17-20)28-26(30)25(32-23)19-9-4-3-5-10-19/h3-15,17,25H,2,16H2,1H3,(H,27,29)(H,28,30)/b15-12+. The van der Waals surface area contributed by atoms with Gasteiger partial charge in [-0.15, -0.1) is 0 Å². The largest absolute Gasteiger partial charge is 0.493 e. The van der Waals surface area contributed by atoms with E-state index < -0.39 is 6.10 Å². The third-order valence-electron chi connectivity index (χ3n) is 4.89. The summed E-state index contributed by atoms with van der Waals surface area (Å²) >= 11 is 0. The molecule has 2 N–H and O–H groups in total. The number of hydrogen-bond acceptors (Lipinski definition) is 4. The van der Waals surface area contributed by atoms with E-state index in [4.69, 9.17) is 9.47 Å². The number of para-hydroxylation sites is 1. The lowest BCUT2D eigenvalue weighted by Gasteiger charge is -2.26. The summed E-state index contributed by atoms with van der Waals surface area (Å²) in [5.74, 6) is 0.741. The first-order valence-electron chi connectivity index (χ1n) is 10.5. The Morgan fingerprint density at radius 2 is 1.88 bits per heavy atom. The van der Waals surface area contributed by atoms with E-state index in [1.165, 1.54) is 6.08 Å². The van der Waals surface area contributed by atoms with Crippen molar-refractivity contribution < 1.29 is 19.1 Å². The maximum absolute atomic E-state index is 12.5. The third-order valence-corrected chi connectivity index (χ3v) is 4.89. The molecule has 32 heavy (non-hydrogen) atoms. The van der Waals surface area contributed by atoms with Gasteiger partial charge in [0.15, 0.2) is 0 Å². The molecule has 6 heteroatoms. The molecule has 4 rings (SSSR count). The van der Waals surface area contributed by atoms with Crippen molar-refractivity contribution >= 4 is 29.3 Å². The normalized spacial score (nSPS) is 14.9. The summed E-state index contributed by atoms with van der Waals surface area (Å²) in [7, 11) is 0. The van der Waals surface area contributed by atoms with Crippen LogP contribution in [-0.2, 0) is 9.59 Å². The van der Waals surface area contributed by atoms with Gasteiger partial charge in [-0.1, -0.05) is 55.5 Å². The van der Waals surface area contributed by atoms with E-state index in [1.54, 1.807) is 24.3 Å². The summed E-state index contributed by atoms with van der Waals surface area (Å²) in [5.41, 5.74) is 2.67. The van der Waals surface area contributed by atoms with Crippen molar-refractivity contribution in [1.29, 1.82) is 0 Å². The van der Waals surface area contributed by atoms with Crippen molar-refractivity contribution in [3.63, 3.8) is 0 Å². The Hall–Kier alpha value is -4.06. The van der Waals surface area contributed by atoms with E-state index >= 15 is 0 Å². The summed E-state index contributed by atoms with van der Waals surface area (Å²) in [5, 5.41) is 5.67. The minimum Gasteiger partial charge on any atom is -0.493 e. The molecule has 0 saturated heterocycles. The first-order valence-corrected chi connectivity index (χ1v) is 10.5. The van der Waals surface area contributed by atoms with Crippen molar-refractivity contribution in [3.8, 4) is 11.5 Å². The topological polar surface area (TPSA) is 76.7 Å². The first-order chi connectivity index (χ1) is 15.6. The number of ether oxygens (including phenoxy) is 2. The maximum atomic E-state index is 12.5. The molecule has 162 valence electrons. The number of anilines is 2. The number of fused-ring (bicyclic) bond motifs is 1. The second kappa shape index (κ2) is 9.83. The molecular weight excluding hydrogens is 404 g/mol. The number of hydrogen-bond donors (Lipinski definition) is 2. The molecule has 1 unspecified atom stereocenters. The van der Waals surface area contributed by atoms with Crippen LogP contribution in [0.1, 0.15) is 30.6 Å². The Kier molecular flexibility index (Phi) is 6.51. The van der Waals surface area contributed by atoms with Crippen LogP contribution in [0.5, 0.6) is 11.5 Å². The summed E-state index contributed by atoms with van der Waals surface area (Å²) in [6.45, 7) is 2.66. The van der Waals surface area contributed by atoms with Gasteiger partial charge in [-0.2, -0.15) is 0 Å². The smallest absolute Gasteiger partial charge is 0.270 e. The Labute approximate surface area is 186 Å². The molecule has 1 heterocycles. The summed E-state index contributed by atoms with van der Waals surface area (Å²) < 4.78 is 11.6. The Bertz CT molecular complexity index is 1140. The molecular formula is C26H24N2O4. The van der Waals surface area contributed by atoms with Crippen molar-refractivity contribution in [2.75, 3.05) is 17.2 Å². The van der Waals surface area contributed by atoms with E-state index in [1.807, 2.05) is 61.5 Å². The molecule has 3 aromatic rings. The fourth-order valence-corrected chi connectivity index (χ4v) is 3.35. The van der Waals surface area contributed by atoms with Crippen molar-refractivity contribution in [1.82, 2.24) is 0 Å². The van der Waals surface area contributed by atoms with Crippen LogP contribution in [0.25, 0.3) is 6.08 Å². The van der Waals surface area contributed by atoms with Crippen LogP contribution in [0.2, 0.25) is 0 Å². The number of nitrogens with one attached hydrogen (secondary N) is 2. The Morgan fingerprint density at radius 3 is 2.69 bits per heavy atom. The van der Waals surface area contributed by atoms with Crippen LogP contribution >= 0.6 is 0 Å². The van der Waals surface area contributed by atoms with Gasteiger partial charge in [0.1, 0.15) is 11.5 Å². The van der Waals surface area contributed by atoms with E-state index in [2.05, 4.69) is 10.6 Å². The predicted octanol–water partition coefficient (Wildman–Crippen LogP) is 5.20. The number of carbonyl (C=O) groups is 2. The quantitative estimate of drug-likeness (QED) is 0.507. The minimum atomic E-state index is -0.706. The number of carbonyl (C=O) groups excluding carboxylic acids is 2. The van der Waals surface area contributed by atoms with Gasteiger partial charge in [0, 0.05) is 22.9 Å². The fraction of sp³-hybridized carbons (Fsp3) is 0.154.